The van der Waals surface area contributed by atoms with Crippen molar-refractivity contribution in [1.29, 1.82) is 0 Å². The molecule has 0 spiro atoms. The molecular formula is C12H18O4. The minimum absolute atomic E-state index is 0.777. The van der Waals surface area contributed by atoms with Crippen LogP contribution in [0.2, 0.25) is 0 Å². The highest BCUT2D eigenvalue weighted by atomic mass is 17.5. The van der Waals surface area contributed by atoms with Crippen LogP contribution in [0.1, 0.15) is 38.8 Å². The van der Waals surface area contributed by atoms with Crippen LogP contribution in [0.15, 0.2) is 24.3 Å². The Morgan fingerprint density at radius 2 is 1.62 bits per heavy atom. The maximum absolute atomic E-state index is 9.89. The first-order chi connectivity index (χ1) is 7.27. The number of hydrogen-bond acceptors (Lipinski definition) is 4. The molecule has 1 aromatic rings. The lowest BCUT2D eigenvalue weighted by molar-refractivity contribution is -0.525. The van der Waals surface area contributed by atoms with Crippen LogP contribution in [0.4, 0.5) is 0 Å². The molecule has 0 heterocycles. The Kier molecular flexibility index (Phi) is 3.70. The van der Waals surface area contributed by atoms with Gasteiger partial charge in [0.1, 0.15) is 5.60 Å². The summed E-state index contributed by atoms with van der Waals surface area (Å²) in [5.41, 5.74) is -0.108. The zero-order valence-corrected chi connectivity index (χ0v) is 10.0. The Labute approximate surface area is 95.3 Å². The van der Waals surface area contributed by atoms with E-state index in [1.54, 1.807) is 27.7 Å². The molecule has 0 aliphatic rings. The fraction of sp³-hybridized carbons (Fsp3) is 0.500. The van der Waals surface area contributed by atoms with Gasteiger partial charge in [-0.25, -0.2) is 5.26 Å². The van der Waals surface area contributed by atoms with Crippen molar-refractivity contribution in [3.63, 3.8) is 0 Å². The molecule has 0 atom stereocenters. The Balaban J connectivity index is 3.08. The zero-order chi connectivity index (χ0) is 12.4. The molecule has 16 heavy (non-hydrogen) atoms. The Hall–Kier alpha value is -0.940. The van der Waals surface area contributed by atoms with Gasteiger partial charge in [-0.05, 0) is 44.9 Å². The monoisotopic (exact) mass is 226 g/mol. The second-order valence-electron chi connectivity index (χ2n) is 4.81. The zero-order valence-electron chi connectivity index (χ0n) is 10.0. The van der Waals surface area contributed by atoms with Gasteiger partial charge in [0, 0.05) is 0 Å². The highest BCUT2D eigenvalue weighted by Gasteiger charge is 2.25. The van der Waals surface area contributed by atoms with Gasteiger partial charge in [0.2, 0.25) is 0 Å². The van der Waals surface area contributed by atoms with E-state index in [9.17, 15) is 5.11 Å². The number of hydrogen-bond donors (Lipinski definition) is 2. The lowest BCUT2D eigenvalue weighted by Crippen LogP contribution is -2.23. The molecule has 0 aromatic heterocycles. The minimum atomic E-state index is -0.911. The van der Waals surface area contributed by atoms with Gasteiger partial charge >= 0.3 is 0 Å². The van der Waals surface area contributed by atoms with Crippen LogP contribution in [0.25, 0.3) is 0 Å². The maximum Gasteiger partial charge on any atom is 0.126 e. The second kappa shape index (κ2) is 4.51. The lowest BCUT2D eigenvalue weighted by atomic mass is 9.91. The van der Waals surface area contributed by atoms with Gasteiger partial charge in [-0.2, -0.15) is 4.89 Å². The minimum Gasteiger partial charge on any atom is -0.386 e. The summed E-state index contributed by atoms with van der Waals surface area (Å²) in [6, 6.07) is 7.32. The highest BCUT2D eigenvalue weighted by molar-refractivity contribution is 5.30. The third-order valence-corrected chi connectivity index (χ3v) is 2.51. The van der Waals surface area contributed by atoms with Gasteiger partial charge in [-0.3, -0.25) is 0 Å². The summed E-state index contributed by atoms with van der Waals surface area (Å²) in [5, 5.41) is 21.9. The molecule has 0 fully saturated rings. The first-order valence-electron chi connectivity index (χ1n) is 5.10. The Morgan fingerprint density at radius 3 is 2.12 bits per heavy atom. The fourth-order valence-electron chi connectivity index (χ4n) is 1.42. The molecule has 0 bridgehead atoms. The Bertz CT molecular complexity index is 352. The quantitative estimate of drug-likeness (QED) is 0.612. The van der Waals surface area contributed by atoms with Crippen LogP contribution in [0.3, 0.4) is 0 Å². The van der Waals surface area contributed by atoms with E-state index >= 15 is 0 Å². The summed E-state index contributed by atoms with van der Waals surface area (Å²) in [6.45, 7) is 6.93. The predicted octanol–water partition coefficient (Wildman–Crippen LogP) is 2.57. The van der Waals surface area contributed by atoms with Crippen LogP contribution < -0.4 is 0 Å². The summed E-state index contributed by atoms with van der Waals surface area (Å²) >= 11 is 0. The van der Waals surface area contributed by atoms with Gasteiger partial charge in [-0.15, -0.1) is 0 Å². The molecule has 0 radical (unpaired) electrons. The van der Waals surface area contributed by atoms with Crippen molar-refractivity contribution in [1.82, 2.24) is 0 Å². The number of aliphatic hydroxyl groups is 1. The van der Waals surface area contributed by atoms with Crippen LogP contribution in [0.5, 0.6) is 0 Å². The van der Waals surface area contributed by atoms with Crippen LogP contribution in [0, 0.1) is 0 Å². The van der Waals surface area contributed by atoms with E-state index in [1.165, 1.54) is 0 Å². The molecular weight excluding hydrogens is 208 g/mol. The molecule has 0 saturated heterocycles. The van der Waals surface area contributed by atoms with E-state index in [-0.39, 0.29) is 0 Å². The van der Waals surface area contributed by atoms with Gasteiger partial charge in [0.25, 0.3) is 0 Å². The van der Waals surface area contributed by atoms with Gasteiger partial charge in [0.15, 0.2) is 0 Å². The largest absolute Gasteiger partial charge is 0.386 e. The van der Waals surface area contributed by atoms with Crippen molar-refractivity contribution in [3.8, 4) is 0 Å². The van der Waals surface area contributed by atoms with Gasteiger partial charge in [-0.1, -0.05) is 23.2 Å². The van der Waals surface area contributed by atoms with E-state index in [4.69, 9.17) is 10.1 Å². The predicted molar refractivity (Wildman–Crippen MR) is 59.5 cm³/mol. The molecule has 1 rings (SSSR count). The van der Waals surface area contributed by atoms with Crippen LogP contribution >= 0.6 is 0 Å². The molecule has 0 aliphatic carbocycles. The van der Waals surface area contributed by atoms with Crippen LogP contribution in [-0.2, 0) is 21.1 Å². The van der Waals surface area contributed by atoms with E-state index in [0.29, 0.717) is 0 Å². The van der Waals surface area contributed by atoms with E-state index in [0.717, 1.165) is 11.1 Å². The fourth-order valence-corrected chi connectivity index (χ4v) is 1.42. The Morgan fingerprint density at radius 1 is 1.06 bits per heavy atom. The maximum atomic E-state index is 9.89. The van der Waals surface area contributed by atoms with E-state index < -0.39 is 11.2 Å². The molecule has 0 amide bonds. The number of rotatable bonds is 4. The SMILES string of the molecule is CC(C)(O)c1cccc(C(C)(C)OOO)c1. The number of benzene rings is 1. The molecule has 2 N–H and O–H groups in total. The summed E-state index contributed by atoms with van der Waals surface area (Å²) in [4.78, 5) is 4.76. The van der Waals surface area contributed by atoms with Gasteiger partial charge in [0.05, 0.1) is 5.60 Å². The standard InChI is InChI=1S/C12H18O4/c1-11(2,13)9-6-5-7-10(8-9)12(3,4)15-16-14/h5-8,13-14H,1-4H3. The third kappa shape index (κ3) is 3.02. The van der Waals surface area contributed by atoms with Crippen molar-refractivity contribution in [2.45, 2.75) is 38.9 Å². The van der Waals surface area contributed by atoms with Crippen molar-refractivity contribution < 1.29 is 20.3 Å². The smallest absolute Gasteiger partial charge is 0.126 e. The molecule has 1 aromatic carbocycles. The summed E-state index contributed by atoms with van der Waals surface area (Å²) in [6.07, 6.45) is 0. The summed E-state index contributed by atoms with van der Waals surface area (Å²) < 4.78 is 0. The molecule has 90 valence electrons. The first-order valence-corrected chi connectivity index (χ1v) is 5.10. The van der Waals surface area contributed by atoms with Crippen molar-refractivity contribution in [3.05, 3.63) is 35.4 Å². The summed E-state index contributed by atoms with van der Waals surface area (Å²) in [5.74, 6) is 0. The van der Waals surface area contributed by atoms with Gasteiger partial charge < -0.3 is 5.11 Å². The van der Waals surface area contributed by atoms with E-state index in [1.807, 2.05) is 24.3 Å². The normalized spacial score (nSPS) is 12.9. The van der Waals surface area contributed by atoms with E-state index in [2.05, 4.69) is 5.04 Å². The van der Waals surface area contributed by atoms with Crippen LogP contribution in [-0.4, -0.2) is 10.4 Å². The molecule has 4 heteroatoms. The molecule has 0 unspecified atom stereocenters. The summed E-state index contributed by atoms with van der Waals surface area (Å²) in [7, 11) is 0. The molecule has 0 aliphatic heterocycles. The second-order valence-corrected chi connectivity index (χ2v) is 4.81. The van der Waals surface area contributed by atoms with Crippen molar-refractivity contribution in [2.75, 3.05) is 0 Å². The van der Waals surface area contributed by atoms with Crippen molar-refractivity contribution in [2.24, 2.45) is 0 Å². The molecule has 0 saturated carbocycles. The van der Waals surface area contributed by atoms with Crippen molar-refractivity contribution >= 4 is 0 Å². The first kappa shape index (κ1) is 13.1. The topological polar surface area (TPSA) is 58.9 Å². The lowest BCUT2D eigenvalue weighted by Gasteiger charge is -2.25. The average molecular weight is 226 g/mol. The third-order valence-electron chi connectivity index (χ3n) is 2.51. The average Bonchev–Trinajstić information content (AvgIpc) is 2.16. The molecule has 4 nitrogen and oxygen atoms in total. The highest BCUT2D eigenvalue weighted by Crippen LogP contribution is 2.28.